The topological polar surface area (TPSA) is 75.2 Å². The van der Waals surface area contributed by atoms with Crippen LogP contribution in [0.3, 0.4) is 0 Å². The van der Waals surface area contributed by atoms with Gasteiger partial charge in [-0.1, -0.05) is 32.9 Å². The van der Waals surface area contributed by atoms with Gasteiger partial charge in [0.25, 0.3) is 0 Å². The number of aromatic nitrogens is 3. The number of hydrogen-bond acceptors (Lipinski definition) is 5. The van der Waals surface area contributed by atoms with Gasteiger partial charge in [0.2, 0.25) is 5.91 Å². The number of amides is 1. The van der Waals surface area contributed by atoms with Crippen molar-refractivity contribution in [1.29, 1.82) is 0 Å². The van der Waals surface area contributed by atoms with Crippen LogP contribution < -0.4 is 10.1 Å². The Hall–Kier alpha value is -2.19. The molecule has 0 bridgehead atoms. The molecule has 1 heterocycles. The molecule has 0 spiro atoms. The summed E-state index contributed by atoms with van der Waals surface area (Å²) in [7, 11) is 1.66. The number of nitrogens with zero attached hydrogens (tertiary/aromatic N) is 3. The quantitative estimate of drug-likeness (QED) is 0.562. The van der Waals surface area contributed by atoms with Gasteiger partial charge in [-0.15, -0.1) is 0 Å². The lowest BCUT2D eigenvalue weighted by atomic mass is 10.0. The van der Waals surface area contributed by atoms with Gasteiger partial charge in [-0.2, -0.15) is 5.10 Å². The molecule has 1 aromatic carbocycles. The molecule has 0 saturated carbocycles. The molecule has 0 fully saturated rings. The highest BCUT2D eigenvalue weighted by atomic mass is 32.1. The number of benzene rings is 1. The molecule has 0 aliphatic heterocycles. The summed E-state index contributed by atoms with van der Waals surface area (Å²) in [5.41, 5.74) is 1.12. The summed E-state index contributed by atoms with van der Waals surface area (Å²) in [5.74, 6) is 1.56. The fourth-order valence-corrected chi connectivity index (χ4v) is 3.52. The van der Waals surface area contributed by atoms with E-state index in [0.29, 0.717) is 11.3 Å². The highest BCUT2D eigenvalue weighted by molar-refractivity contribution is 7.71. The van der Waals surface area contributed by atoms with E-state index in [9.17, 15) is 4.79 Å². The zero-order valence-electron chi connectivity index (χ0n) is 17.2. The molecule has 1 atom stereocenters. The normalized spacial score (nSPS) is 12.2. The Kier molecular flexibility index (Phi) is 8.66. The monoisotopic (exact) mass is 405 g/mol. The van der Waals surface area contributed by atoms with Crippen molar-refractivity contribution in [2.24, 2.45) is 0 Å². The predicted octanol–water partition coefficient (Wildman–Crippen LogP) is 3.10. The number of aryl methyl sites for hydroxylation is 1. The summed E-state index contributed by atoms with van der Waals surface area (Å²) >= 11 is 5.27. The van der Waals surface area contributed by atoms with Crippen LogP contribution in [0, 0.1) is 4.77 Å². The van der Waals surface area contributed by atoms with E-state index in [1.807, 2.05) is 18.2 Å². The molecule has 8 heteroatoms. The van der Waals surface area contributed by atoms with Gasteiger partial charge in [0, 0.05) is 13.0 Å². The zero-order valence-corrected chi connectivity index (χ0v) is 18.0. The Labute approximate surface area is 172 Å². The SMILES string of the molecule is CCCc1n[nH]c(=S)n1CC(=O)NCC(c1cccc(OC)c1)N(CC)CC. The summed E-state index contributed by atoms with van der Waals surface area (Å²) in [6.45, 7) is 8.80. The first-order chi connectivity index (χ1) is 13.5. The Morgan fingerprint density at radius 3 is 2.75 bits per heavy atom. The molecule has 28 heavy (non-hydrogen) atoms. The van der Waals surface area contributed by atoms with Crippen LogP contribution in [-0.4, -0.2) is 52.3 Å². The van der Waals surface area contributed by atoms with Crippen LogP contribution in [0.4, 0.5) is 0 Å². The maximum atomic E-state index is 12.6. The van der Waals surface area contributed by atoms with Gasteiger partial charge >= 0.3 is 0 Å². The number of ether oxygens (including phenoxy) is 1. The third-order valence-corrected chi connectivity index (χ3v) is 5.15. The van der Waals surface area contributed by atoms with E-state index in [4.69, 9.17) is 17.0 Å². The summed E-state index contributed by atoms with van der Waals surface area (Å²) in [4.78, 5) is 14.9. The van der Waals surface area contributed by atoms with Crippen LogP contribution in [0.2, 0.25) is 0 Å². The van der Waals surface area contributed by atoms with Crippen molar-refractivity contribution in [3.63, 3.8) is 0 Å². The number of carbonyl (C=O) groups is 1. The fourth-order valence-electron chi connectivity index (χ4n) is 3.31. The van der Waals surface area contributed by atoms with E-state index in [2.05, 4.69) is 47.3 Å². The van der Waals surface area contributed by atoms with Gasteiger partial charge in [-0.05, 0) is 49.4 Å². The first-order valence-electron chi connectivity index (χ1n) is 9.82. The highest BCUT2D eigenvalue weighted by Gasteiger charge is 2.20. The minimum atomic E-state index is -0.0742. The van der Waals surface area contributed by atoms with E-state index in [0.717, 1.165) is 43.1 Å². The largest absolute Gasteiger partial charge is 0.497 e. The van der Waals surface area contributed by atoms with E-state index in [1.165, 1.54) is 0 Å². The van der Waals surface area contributed by atoms with Gasteiger partial charge in [0.15, 0.2) is 4.77 Å². The summed E-state index contributed by atoms with van der Waals surface area (Å²) < 4.78 is 7.61. The van der Waals surface area contributed by atoms with E-state index in [1.54, 1.807) is 11.7 Å². The predicted molar refractivity (Wildman–Crippen MR) is 113 cm³/mol. The lowest BCUT2D eigenvalue weighted by Crippen LogP contribution is -2.39. The van der Waals surface area contributed by atoms with Crippen LogP contribution in [0.25, 0.3) is 0 Å². The Morgan fingerprint density at radius 2 is 2.11 bits per heavy atom. The number of hydrogen-bond donors (Lipinski definition) is 2. The lowest BCUT2D eigenvalue weighted by molar-refractivity contribution is -0.122. The van der Waals surface area contributed by atoms with E-state index in [-0.39, 0.29) is 18.5 Å². The first-order valence-corrected chi connectivity index (χ1v) is 10.2. The molecule has 0 radical (unpaired) electrons. The van der Waals surface area contributed by atoms with Crippen molar-refractivity contribution >= 4 is 18.1 Å². The third kappa shape index (κ3) is 5.65. The molecule has 0 saturated heterocycles. The van der Waals surface area contributed by atoms with Crippen molar-refractivity contribution < 1.29 is 9.53 Å². The maximum Gasteiger partial charge on any atom is 0.240 e. The number of nitrogens with one attached hydrogen (secondary N) is 2. The molecule has 0 aliphatic rings. The van der Waals surface area contributed by atoms with Crippen LogP contribution in [0.1, 0.15) is 44.6 Å². The minimum absolute atomic E-state index is 0.0708. The number of likely N-dealkylation sites (N-methyl/N-ethyl adjacent to an activating group) is 1. The average molecular weight is 406 g/mol. The number of aromatic amines is 1. The summed E-state index contributed by atoms with van der Waals surface area (Å²) in [6.07, 6.45) is 1.73. The first kappa shape index (κ1) is 22.1. The molecular formula is C20H31N5O2S. The number of rotatable bonds is 11. The van der Waals surface area contributed by atoms with Crippen LogP contribution in [-0.2, 0) is 17.8 Å². The van der Waals surface area contributed by atoms with Crippen molar-refractivity contribution in [2.75, 3.05) is 26.7 Å². The molecule has 2 N–H and O–H groups in total. The molecule has 1 aromatic heterocycles. The second kappa shape index (κ2) is 11.0. The standard InChI is InChI=1S/C20H31N5O2S/c1-5-9-18-22-23-20(28)25(18)14-19(26)21-13-17(24(6-2)7-3)15-10-8-11-16(12-15)27-4/h8,10-12,17H,5-7,9,13-14H2,1-4H3,(H,21,26)(H,23,28). The minimum Gasteiger partial charge on any atom is -0.497 e. The van der Waals surface area contributed by atoms with Gasteiger partial charge in [-0.3, -0.25) is 19.4 Å². The molecule has 0 aliphatic carbocycles. The van der Waals surface area contributed by atoms with Crippen LogP contribution in [0.5, 0.6) is 5.75 Å². The molecular weight excluding hydrogens is 374 g/mol. The maximum absolute atomic E-state index is 12.6. The molecule has 154 valence electrons. The van der Waals surface area contributed by atoms with Crippen molar-refractivity contribution in [1.82, 2.24) is 25.0 Å². The smallest absolute Gasteiger partial charge is 0.240 e. The van der Waals surface area contributed by atoms with Crippen LogP contribution >= 0.6 is 12.2 Å². The highest BCUT2D eigenvalue weighted by Crippen LogP contribution is 2.23. The average Bonchev–Trinajstić information content (AvgIpc) is 3.05. The zero-order chi connectivity index (χ0) is 20.5. The van der Waals surface area contributed by atoms with Gasteiger partial charge < -0.3 is 10.1 Å². The lowest BCUT2D eigenvalue weighted by Gasteiger charge is -2.30. The molecule has 1 amide bonds. The summed E-state index contributed by atoms with van der Waals surface area (Å²) in [6, 6.07) is 8.08. The van der Waals surface area contributed by atoms with E-state index < -0.39 is 0 Å². The summed E-state index contributed by atoms with van der Waals surface area (Å²) in [5, 5.41) is 10.1. The molecule has 2 rings (SSSR count). The number of methoxy groups -OCH3 is 1. The second-order valence-electron chi connectivity index (χ2n) is 6.60. The van der Waals surface area contributed by atoms with Crippen molar-refractivity contribution in [2.45, 2.75) is 46.2 Å². The molecule has 1 unspecified atom stereocenters. The molecule has 7 nitrogen and oxygen atoms in total. The van der Waals surface area contributed by atoms with Gasteiger partial charge in [0.1, 0.15) is 18.1 Å². The van der Waals surface area contributed by atoms with Crippen molar-refractivity contribution in [3.05, 3.63) is 40.4 Å². The molecule has 2 aromatic rings. The Bertz CT molecular complexity index is 813. The number of H-pyrrole nitrogens is 1. The Balaban J connectivity index is 2.11. The second-order valence-corrected chi connectivity index (χ2v) is 6.99. The number of carbonyl (C=O) groups excluding carboxylic acids is 1. The van der Waals surface area contributed by atoms with E-state index >= 15 is 0 Å². The van der Waals surface area contributed by atoms with Crippen molar-refractivity contribution in [3.8, 4) is 5.75 Å². The fraction of sp³-hybridized carbons (Fsp3) is 0.550. The van der Waals surface area contributed by atoms with Gasteiger partial charge in [-0.25, -0.2) is 0 Å². The Morgan fingerprint density at radius 1 is 1.36 bits per heavy atom. The van der Waals surface area contributed by atoms with Crippen LogP contribution in [0.15, 0.2) is 24.3 Å². The van der Waals surface area contributed by atoms with Gasteiger partial charge in [0.05, 0.1) is 13.2 Å². The third-order valence-electron chi connectivity index (χ3n) is 4.84.